The third-order valence-corrected chi connectivity index (χ3v) is 2.64. The number of aliphatic hydroxyl groups is 3. The fraction of sp³-hybridized carbons (Fsp3) is 1.00. The van der Waals surface area contributed by atoms with Gasteiger partial charge in [0.15, 0.2) is 12.1 Å². The Labute approximate surface area is 87.4 Å². The summed E-state index contributed by atoms with van der Waals surface area (Å²) in [7, 11) is 0. The lowest BCUT2D eigenvalue weighted by atomic mass is 9.99. The fourth-order valence-electron chi connectivity index (χ4n) is 1.91. The van der Waals surface area contributed by atoms with Crippen molar-refractivity contribution in [1.29, 1.82) is 0 Å². The molecule has 0 bridgehead atoms. The molecular weight excluding hydrogens is 204 g/mol. The summed E-state index contributed by atoms with van der Waals surface area (Å²) in [6.45, 7) is 3.02. The van der Waals surface area contributed by atoms with Crippen molar-refractivity contribution >= 4 is 0 Å². The maximum Gasteiger partial charge on any atom is 0.190 e. The monoisotopic (exact) mass is 220 g/mol. The van der Waals surface area contributed by atoms with Crippen molar-refractivity contribution in [2.45, 2.75) is 50.3 Å². The lowest BCUT2D eigenvalue weighted by molar-refractivity contribution is -0.256. The molecule has 3 N–H and O–H groups in total. The van der Waals surface area contributed by atoms with Crippen LogP contribution in [0.3, 0.4) is 0 Å². The Bertz CT molecular complexity index is 243. The van der Waals surface area contributed by atoms with Crippen LogP contribution in [0.2, 0.25) is 0 Å². The molecule has 0 radical (unpaired) electrons. The van der Waals surface area contributed by atoms with E-state index in [0.29, 0.717) is 0 Å². The highest BCUT2D eigenvalue weighted by molar-refractivity contribution is 4.93. The first-order valence-corrected chi connectivity index (χ1v) is 4.93. The molecule has 2 heterocycles. The normalized spacial score (nSPS) is 49.0. The van der Waals surface area contributed by atoms with Crippen LogP contribution < -0.4 is 0 Å². The van der Waals surface area contributed by atoms with Gasteiger partial charge in [-0.3, -0.25) is 0 Å². The molecule has 2 rings (SSSR count). The van der Waals surface area contributed by atoms with Crippen molar-refractivity contribution in [2.24, 2.45) is 0 Å². The molecule has 0 amide bonds. The third-order valence-electron chi connectivity index (χ3n) is 2.64. The summed E-state index contributed by atoms with van der Waals surface area (Å²) < 4.78 is 16.0. The molecule has 0 aromatic rings. The second-order valence-electron chi connectivity index (χ2n) is 4.31. The SMILES string of the molecule is CC1(C)O[C@H]2O[C@@H](CO)[C@@H](O)[C@H](O)[C@@H]2O1. The Morgan fingerprint density at radius 3 is 2.40 bits per heavy atom. The molecule has 2 aliphatic rings. The third kappa shape index (κ3) is 1.89. The highest BCUT2D eigenvalue weighted by Gasteiger charge is 2.53. The van der Waals surface area contributed by atoms with Crippen molar-refractivity contribution < 1.29 is 29.5 Å². The van der Waals surface area contributed by atoms with E-state index in [2.05, 4.69) is 0 Å². The van der Waals surface area contributed by atoms with Gasteiger partial charge < -0.3 is 29.5 Å². The molecule has 5 atom stereocenters. The van der Waals surface area contributed by atoms with E-state index in [1.54, 1.807) is 13.8 Å². The standard InChI is InChI=1S/C9H16O6/c1-9(2)14-7-6(12)5(11)4(3-10)13-8(7)15-9/h4-8,10-12H,3H2,1-2H3/t4-,5+,6-,7-,8+/m0/s1. The van der Waals surface area contributed by atoms with Crippen LogP contribution in [-0.2, 0) is 14.2 Å². The van der Waals surface area contributed by atoms with Crippen LogP contribution in [0.25, 0.3) is 0 Å². The summed E-state index contributed by atoms with van der Waals surface area (Å²) in [5.41, 5.74) is 0. The average Bonchev–Trinajstić information content (AvgIpc) is 2.47. The molecule has 6 nitrogen and oxygen atoms in total. The molecular formula is C9H16O6. The van der Waals surface area contributed by atoms with Gasteiger partial charge in [-0.05, 0) is 13.8 Å². The highest BCUT2D eigenvalue weighted by atomic mass is 16.8. The zero-order chi connectivity index (χ0) is 11.2. The second kappa shape index (κ2) is 3.65. The van der Waals surface area contributed by atoms with Crippen molar-refractivity contribution in [1.82, 2.24) is 0 Å². The zero-order valence-corrected chi connectivity index (χ0v) is 8.66. The van der Waals surface area contributed by atoms with E-state index in [9.17, 15) is 10.2 Å². The van der Waals surface area contributed by atoms with Gasteiger partial charge in [0.2, 0.25) is 0 Å². The average molecular weight is 220 g/mol. The Morgan fingerprint density at radius 1 is 1.13 bits per heavy atom. The van der Waals surface area contributed by atoms with E-state index in [4.69, 9.17) is 19.3 Å². The molecule has 6 heteroatoms. The number of aliphatic hydroxyl groups excluding tert-OH is 3. The smallest absolute Gasteiger partial charge is 0.190 e. The Hall–Kier alpha value is -0.240. The van der Waals surface area contributed by atoms with Gasteiger partial charge >= 0.3 is 0 Å². The molecule has 2 aliphatic heterocycles. The first-order chi connectivity index (χ1) is 6.94. The summed E-state index contributed by atoms with van der Waals surface area (Å²) >= 11 is 0. The summed E-state index contributed by atoms with van der Waals surface area (Å²) in [6.07, 6.45) is -4.55. The maximum absolute atomic E-state index is 9.74. The number of fused-ring (bicyclic) bond motifs is 1. The molecule has 0 aliphatic carbocycles. The van der Waals surface area contributed by atoms with Crippen LogP contribution in [0, 0.1) is 0 Å². The van der Waals surface area contributed by atoms with Gasteiger partial charge in [-0.2, -0.15) is 0 Å². The Balaban J connectivity index is 2.13. The maximum atomic E-state index is 9.74. The first-order valence-electron chi connectivity index (χ1n) is 4.93. The summed E-state index contributed by atoms with van der Waals surface area (Å²) in [5, 5.41) is 28.3. The number of ether oxygens (including phenoxy) is 3. The molecule has 2 fully saturated rings. The molecule has 15 heavy (non-hydrogen) atoms. The van der Waals surface area contributed by atoms with E-state index < -0.39 is 36.5 Å². The topological polar surface area (TPSA) is 88.4 Å². The van der Waals surface area contributed by atoms with Crippen LogP contribution >= 0.6 is 0 Å². The quantitative estimate of drug-likeness (QED) is 0.502. The number of hydrogen-bond donors (Lipinski definition) is 3. The summed E-state index contributed by atoms with van der Waals surface area (Å²) in [5.74, 6) is -0.847. The van der Waals surface area contributed by atoms with Crippen LogP contribution in [-0.4, -0.2) is 58.4 Å². The van der Waals surface area contributed by atoms with Gasteiger partial charge in [-0.25, -0.2) is 0 Å². The lowest BCUT2D eigenvalue weighted by Gasteiger charge is -2.36. The molecule has 0 unspecified atom stereocenters. The van der Waals surface area contributed by atoms with E-state index in [-0.39, 0.29) is 6.61 Å². The molecule has 88 valence electrons. The van der Waals surface area contributed by atoms with Gasteiger partial charge in [-0.15, -0.1) is 0 Å². The van der Waals surface area contributed by atoms with E-state index in [1.807, 2.05) is 0 Å². The van der Waals surface area contributed by atoms with E-state index in [1.165, 1.54) is 0 Å². The van der Waals surface area contributed by atoms with Crippen molar-refractivity contribution in [2.75, 3.05) is 6.61 Å². The van der Waals surface area contributed by atoms with Gasteiger partial charge in [0.05, 0.1) is 6.61 Å². The summed E-state index contributed by atoms with van der Waals surface area (Å²) in [6, 6.07) is 0. The predicted octanol–water partition coefficient (Wildman–Crippen LogP) is -1.42. The first kappa shape index (κ1) is 11.3. The van der Waals surface area contributed by atoms with Crippen molar-refractivity contribution in [3.63, 3.8) is 0 Å². The molecule has 0 aromatic heterocycles. The Kier molecular flexibility index (Phi) is 2.74. The fourth-order valence-corrected chi connectivity index (χ4v) is 1.91. The van der Waals surface area contributed by atoms with Gasteiger partial charge in [0, 0.05) is 0 Å². The lowest BCUT2D eigenvalue weighted by Crippen LogP contribution is -2.57. The minimum Gasteiger partial charge on any atom is -0.394 e. The number of hydrogen-bond acceptors (Lipinski definition) is 6. The zero-order valence-electron chi connectivity index (χ0n) is 8.66. The van der Waals surface area contributed by atoms with Crippen LogP contribution in [0.5, 0.6) is 0 Å². The molecule has 0 spiro atoms. The van der Waals surface area contributed by atoms with E-state index in [0.717, 1.165) is 0 Å². The van der Waals surface area contributed by atoms with Gasteiger partial charge in [0.25, 0.3) is 0 Å². The predicted molar refractivity (Wildman–Crippen MR) is 47.8 cm³/mol. The van der Waals surface area contributed by atoms with Crippen LogP contribution in [0.15, 0.2) is 0 Å². The van der Waals surface area contributed by atoms with Crippen LogP contribution in [0.4, 0.5) is 0 Å². The Morgan fingerprint density at radius 2 is 1.80 bits per heavy atom. The minimum absolute atomic E-state index is 0.370. The highest BCUT2D eigenvalue weighted by Crippen LogP contribution is 2.35. The molecule has 0 aromatic carbocycles. The van der Waals surface area contributed by atoms with Gasteiger partial charge in [0.1, 0.15) is 24.4 Å². The minimum atomic E-state index is -1.16. The molecule has 2 saturated heterocycles. The second-order valence-corrected chi connectivity index (χ2v) is 4.31. The van der Waals surface area contributed by atoms with Crippen LogP contribution in [0.1, 0.15) is 13.8 Å². The van der Waals surface area contributed by atoms with Gasteiger partial charge in [-0.1, -0.05) is 0 Å². The number of rotatable bonds is 1. The van der Waals surface area contributed by atoms with Crippen molar-refractivity contribution in [3.8, 4) is 0 Å². The molecule has 0 saturated carbocycles. The largest absolute Gasteiger partial charge is 0.394 e. The van der Waals surface area contributed by atoms with E-state index >= 15 is 0 Å². The summed E-state index contributed by atoms with van der Waals surface area (Å²) in [4.78, 5) is 0. The van der Waals surface area contributed by atoms with Crippen molar-refractivity contribution in [3.05, 3.63) is 0 Å².